The standard InChI is InChI=1S/C18H12N4O/c19-22-21-17(18(23)14-8-10-20-11-9-14)12-15-6-3-5-13-4-1-2-7-16(13)15/h1-12H/b17-12-. The zero-order valence-electron chi connectivity index (χ0n) is 12.1. The van der Waals surface area contributed by atoms with Gasteiger partial charge in [-0.2, -0.15) is 0 Å². The molecule has 0 bridgehead atoms. The summed E-state index contributed by atoms with van der Waals surface area (Å²) >= 11 is 0. The van der Waals surface area contributed by atoms with Crippen LogP contribution in [0.5, 0.6) is 0 Å². The molecule has 0 saturated carbocycles. The summed E-state index contributed by atoms with van der Waals surface area (Å²) in [5.74, 6) is -0.335. The number of hydrogen-bond acceptors (Lipinski definition) is 3. The molecule has 1 aromatic heterocycles. The summed E-state index contributed by atoms with van der Waals surface area (Å²) in [7, 11) is 0. The summed E-state index contributed by atoms with van der Waals surface area (Å²) in [6, 6.07) is 16.8. The van der Waals surface area contributed by atoms with E-state index in [9.17, 15) is 4.79 Å². The minimum atomic E-state index is -0.335. The van der Waals surface area contributed by atoms with Crippen molar-refractivity contribution in [3.8, 4) is 0 Å². The SMILES string of the molecule is [N-]=[N+]=N/C(=C\c1cccc2ccccc12)C(=O)c1ccncc1. The average Bonchev–Trinajstić information content (AvgIpc) is 2.62. The molecule has 0 spiro atoms. The van der Waals surface area contributed by atoms with Crippen molar-refractivity contribution in [3.05, 3.63) is 94.3 Å². The van der Waals surface area contributed by atoms with Gasteiger partial charge in [0.1, 0.15) is 0 Å². The lowest BCUT2D eigenvalue weighted by atomic mass is 10.0. The van der Waals surface area contributed by atoms with Crippen LogP contribution >= 0.6 is 0 Å². The number of Topliss-reactive ketones (excluding diaryl/α,β-unsaturated/α-hetero) is 1. The summed E-state index contributed by atoms with van der Waals surface area (Å²) in [5.41, 5.74) is 10.1. The lowest BCUT2D eigenvalue weighted by Gasteiger charge is -2.04. The van der Waals surface area contributed by atoms with Gasteiger partial charge in [0.15, 0.2) is 5.78 Å². The number of hydrogen-bond donors (Lipinski definition) is 0. The van der Waals surface area contributed by atoms with Crippen LogP contribution in [-0.2, 0) is 0 Å². The van der Waals surface area contributed by atoms with E-state index in [1.807, 2.05) is 42.5 Å². The third-order valence-electron chi connectivity index (χ3n) is 3.44. The van der Waals surface area contributed by atoms with Crippen molar-refractivity contribution in [2.45, 2.75) is 0 Å². The van der Waals surface area contributed by atoms with Crippen molar-refractivity contribution in [3.63, 3.8) is 0 Å². The zero-order chi connectivity index (χ0) is 16.1. The van der Waals surface area contributed by atoms with Crippen LogP contribution in [0.4, 0.5) is 0 Å². The van der Waals surface area contributed by atoms with Crippen LogP contribution in [0.1, 0.15) is 15.9 Å². The third-order valence-corrected chi connectivity index (χ3v) is 3.44. The second-order valence-electron chi connectivity index (χ2n) is 4.85. The molecule has 1 heterocycles. The van der Waals surface area contributed by atoms with Crippen LogP contribution in [-0.4, -0.2) is 10.8 Å². The summed E-state index contributed by atoms with van der Waals surface area (Å²) in [6.45, 7) is 0. The van der Waals surface area contributed by atoms with Crippen molar-refractivity contribution in [2.24, 2.45) is 5.11 Å². The average molecular weight is 300 g/mol. The van der Waals surface area contributed by atoms with Gasteiger partial charge in [-0.05, 0) is 40.1 Å². The number of azide groups is 1. The van der Waals surface area contributed by atoms with Crippen LogP contribution in [0.2, 0.25) is 0 Å². The van der Waals surface area contributed by atoms with Crippen LogP contribution in [0.15, 0.2) is 77.8 Å². The van der Waals surface area contributed by atoms with E-state index in [1.54, 1.807) is 18.2 Å². The first-order valence-electron chi connectivity index (χ1n) is 6.99. The molecule has 0 amide bonds. The van der Waals surface area contributed by atoms with E-state index in [1.165, 1.54) is 12.4 Å². The maximum atomic E-state index is 12.5. The number of nitrogens with zero attached hydrogens (tertiary/aromatic N) is 4. The number of benzene rings is 2. The Morgan fingerprint density at radius 3 is 2.57 bits per heavy atom. The molecule has 3 aromatic rings. The maximum absolute atomic E-state index is 12.5. The number of aromatic nitrogens is 1. The smallest absolute Gasteiger partial charge is 0.195 e. The van der Waals surface area contributed by atoms with Crippen molar-refractivity contribution in [1.82, 2.24) is 4.98 Å². The van der Waals surface area contributed by atoms with Gasteiger partial charge in [0.25, 0.3) is 0 Å². The number of carbonyl (C=O) groups is 1. The van der Waals surface area contributed by atoms with E-state index in [-0.39, 0.29) is 11.5 Å². The van der Waals surface area contributed by atoms with Crippen LogP contribution < -0.4 is 0 Å². The largest absolute Gasteiger partial charge is 0.289 e. The number of allylic oxidation sites excluding steroid dienone is 1. The molecule has 5 heteroatoms. The molecular weight excluding hydrogens is 288 g/mol. The molecule has 3 rings (SSSR count). The van der Waals surface area contributed by atoms with E-state index in [4.69, 9.17) is 5.53 Å². The number of pyridine rings is 1. The highest BCUT2D eigenvalue weighted by molar-refractivity contribution is 6.11. The summed E-state index contributed by atoms with van der Waals surface area (Å²) < 4.78 is 0. The fourth-order valence-electron chi connectivity index (χ4n) is 2.36. The van der Waals surface area contributed by atoms with Crippen molar-refractivity contribution in [1.29, 1.82) is 0 Å². The number of fused-ring (bicyclic) bond motifs is 1. The second kappa shape index (κ2) is 6.56. The molecule has 0 fully saturated rings. The molecule has 0 saturated heterocycles. The lowest BCUT2D eigenvalue weighted by molar-refractivity contribution is 0.103. The van der Waals surface area contributed by atoms with Crippen molar-refractivity contribution < 1.29 is 4.79 Å². The quantitative estimate of drug-likeness (QED) is 0.229. The number of ketones is 1. The first-order chi connectivity index (χ1) is 11.3. The summed E-state index contributed by atoms with van der Waals surface area (Å²) in [5, 5.41) is 5.62. The fraction of sp³-hybridized carbons (Fsp3) is 0. The van der Waals surface area contributed by atoms with Gasteiger partial charge in [-0.15, -0.1) is 0 Å². The van der Waals surface area contributed by atoms with E-state index >= 15 is 0 Å². The highest BCUT2D eigenvalue weighted by atomic mass is 16.1. The number of carbonyl (C=O) groups excluding carboxylic acids is 1. The Morgan fingerprint density at radius 1 is 1.04 bits per heavy atom. The van der Waals surface area contributed by atoms with Gasteiger partial charge in [-0.25, -0.2) is 0 Å². The first kappa shape index (κ1) is 14.5. The van der Waals surface area contributed by atoms with E-state index in [0.29, 0.717) is 5.56 Å². The molecule has 110 valence electrons. The Morgan fingerprint density at radius 2 is 1.78 bits per heavy atom. The Labute approximate surface area is 132 Å². The summed E-state index contributed by atoms with van der Waals surface area (Å²) in [6.07, 6.45) is 4.67. The van der Waals surface area contributed by atoms with Gasteiger partial charge >= 0.3 is 0 Å². The molecule has 5 nitrogen and oxygen atoms in total. The minimum Gasteiger partial charge on any atom is -0.289 e. The number of rotatable bonds is 4. The van der Waals surface area contributed by atoms with Gasteiger partial charge in [0.2, 0.25) is 0 Å². The van der Waals surface area contributed by atoms with Crippen LogP contribution in [0.25, 0.3) is 27.3 Å². The van der Waals surface area contributed by atoms with E-state index in [2.05, 4.69) is 15.0 Å². The van der Waals surface area contributed by atoms with E-state index < -0.39 is 0 Å². The van der Waals surface area contributed by atoms with Crippen molar-refractivity contribution in [2.75, 3.05) is 0 Å². The molecular formula is C18H12N4O. The molecule has 0 aliphatic rings. The second-order valence-corrected chi connectivity index (χ2v) is 4.85. The maximum Gasteiger partial charge on any atom is 0.195 e. The van der Waals surface area contributed by atoms with Gasteiger partial charge in [-0.1, -0.05) is 47.6 Å². The van der Waals surface area contributed by atoms with E-state index in [0.717, 1.165) is 16.3 Å². The molecule has 0 unspecified atom stereocenters. The third kappa shape index (κ3) is 3.10. The molecule has 0 radical (unpaired) electrons. The zero-order valence-corrected chi connectivity index (χ0v) is 12.1. The van der Waals surface area contributed by atoms with Gasteiger partial charge in [0.05, 0.1) is 5.70 Å². The Hall–Kier alpha value is -3.43. The Kier molecular flexibility index (Phi) is 4.13. The highest BCUT2D eigenvalue weighted by Crippen LogP contribution is 2.22. The van der Waals surface area contributed by atoms with Crippen LogP contribution in [0.3, 0.4) is 0 Å². The van der Waals surface area contributed by atoms with Gasteiger partial charge in [-0.3, -0.25) is 9.78 Å². The van der Waals surface area contributed by atoms with Crippen LogP contribution in [0, 0.1) is 0 Å². The predicted octanol–water partition coefficient (Wildman–Crippen LogP) is 4.77. The molecule has 2 aromatic carbocycles. The minimum absolute atomic E-state index is 0.0510. The predicted molar refractivity (Wildman–Crippen MR) is 89.6 cm³/mol. The molecule has 0 aliphatic heterocycles. The Bertz CT molecular complexity index is 936. The Balaban J connectivity index is 2.12. The van der Waals surface area contributed by atoms with Crippen molar-refractivity contribution >= 4 is 22.6 Å². The highest BCUT2D eigenvalue weighted by Gasteiger charge is 2.11. The molecule has 23 heavy (non-hydrogen) atoms. The molecule has 0 atom stereocenters. The molecule has 0 N–H and O–H groups in total. The normalized spacial score (nSPS) is 11.0. The monoisotopic (exact) mass is 300 g/mol. The van der Waals surface area contributed by atoms with Gasteiger partial charge in [0, 0.05) is 22.9 Å². The molecule has 0 aliphatic carbocycles. The first-order valence-corrected chi connectivity index (χ1v) is 6.99. The van der Waals surface area contributed by atoms with Gasteiger partial charge < -0.3 is 0 Å². The summed E-state index contributed by atoms with van der Waals surface area (Å²) in [4.78, 5) is 19.2. The fourth-order valence-corrected chi connectivity index (χ4v) is 2.36. The lowest BCUT2D eigenvalue weighted by Crippen LogP contribution is -2.01. The topological polar surface area (TPSA) is 78.7 Å².